The van der Waals surface area contributed by atoms with Crippen LogP contribution in [0.2, 0.25) is 0 Å². The summed E-state index contributed by atoms with van der Waals surface area (Å²) >= 11 is 2.24. The number of thiophene rings is 1. The predicted octanol–water partition coefficient (Wildman–Crippen LogP) is 3.80. The lowest BCUT2D eigenvalue weighted by Gasteiger charge is -2.12. The molecule has 0 radical (unpaired) electrons. The number of allylic oxidation sites excluding steroid dienone is 1. The molecule has 32 heavy (non-hydrogen) atoms. The van der Waals surface area contributed by atoms with Gasteiger partial charge in [-0.05, 0) is 25.3 Å². The number of nitrogens with zero attached hydrogens (tertiary/aromatic N) is 3. The largest absolute Gasteiger partial charge is 0.465 e. The van der Waals surface area contributed by atoms with Crippen molar-refractivity contribution in [3.63, 3.8) is 0 Å². The van der Waals surface area contributed by atoms with Gasteiger partial charge in [0.1, 0.15) is 15.7 Å². The second-order valence-corrected chi connectivity index (χ2v) is 9.26. The highest BCUT2D eigenvalue weighted by atomic mass is 32.2. The van der Waals surface area contributed by atoms with Crippen molar-refractivity contribution >= 4 is 45.9 Å². The van der Waals surface area contributed by atoms with E-state index in [0.29, 0.717) is 23.2 Å². The van der Waals surface area contributed by atoms with E-state index in [-0.39, 0.29) is 27.1 Å². The Balaban J connectivity index is 1.75. The molecule has 0 bridgehead atoms. The number of rotatable bonds is 9. The highest BCUT2D eigenvalue weighted by Gasteiger charge is 2.27. The molecule has 1 fully saturated rings. The monoisotopic (exact) mass is 478 g/mol. The van der Waals surface area contributed by atoms with Gasteiger partial charge in [-0.3, -0.25) is 4.79 Å². The van der Waals surface area contributed by atoms with E-state index >= 15 is 0 Å². The number of hydrogen-bond donors (Lipinski definition) is 1. The van der Waals surface area contributed by atoms with Crippen molar-refractivity contribution in [3.8, 4) is 0 Å². The van der Waals surface area contributed by atoms with Crippen LogP contribution in [0.25, 0.3) is 0 Å². The summed E-state index contributed by atoms with van der Waals surface area (Å²) in [6, 6.07) is 0. The van der Waals surface area contributed by atoms with E-state index in [1.165, 1.54) is 38.8 Å². The molecule has 0 atom stereocenters. The minimum atomic E-state index is -0.635. The summed E-state index contributed by atoms with van der Waals surface area (Å²) in [5.41, 5.74) is 0.554. The van der Waals surface area contributed by atoms with E-state index in [1.807, 2.05) is 4.57 Å². The first-order valence-corrected chi connectivity index (χ1v) is 12.0. The number of aromatic nitrogens is 3. The van der Waals surface area contributed by atoms with Gasteiger partial charge in [0.2, 0.25) is 5.91 Å². The molecule has 11 heteroatoms. The molecule has 9 nitrogen and oxygen atoms in total. The van der Waals surface area contributed by atoms with Crippen molar-refractivity contribution in [3.05, 3.63) is 34.5 Å². The fourth-order valence-corrected chi connectivity index (χ4v) is 5.61. The molecule has 0 saturated heterocycles. The van der Waals surface area contributed by atoms with Crippen LogP contribution in [0, 0.1) is 6.92 Å². The zero-order valence-electron chi connectivity index (χ0n) is 18.3. The summed E-state index contributed by atoms with van der Waals surface area (Å²) in [5.74, 6) is -0.166. The zero-order valence-corrected chi connectivity index (χ0v) is 19.9. The Morgan fingerprint density at radius 1 is 1.22 bits per heavy atom. The first-order chi connectivity index (χ1) is 15.4. The standard InChI is InChI=1S/C21H26N4O5S2/c1-5-10-25-17(13-8-6-7-9-13)23-24-21(25)31-11-14(26)22-18-15(19(27)29-3)12(2)16(32-18)20(28)30-4/h5,13H,1,6-11H2,2-4H3,(H,22,26). The van der Waals surface area contributed by atoms with Crippen molar-refractivity contribution in [2.75, 3.05) is 25.3 Å². The Labute approximate surface area is 194 Å². The number of amides is 1. The molecule has 1 aliphatic carbocycles. The van der Waals surface area contributed by atoms with Crippen LogP contribution in [0.3, 0.4) is 0 Å². The van der Waals surface area contributed by atoms with Gasteiger partial charge < -0.3 is 19.4 Å². The number of carbonyl (C=O) groups excluding carboxylic acids is 3. The topological polar surface area (TPSA) is 112 Å². The molecule has 0 spiro atoms. The first-order valence-electron chi connectivity index (χ1n) is 10.2. The second-order valence-electron chi connectivity index (χ2n) is 7.30. The van der Waals surface area contributed by atoms with Gasteiger partial charge in [-0.2, -0.15) is 0 Å². The number of esters is 2. The molecule has 2 heterocycles. The van der Waals surface area contributed by atoms with Crippen LogP contribution in [0.15, 0.2) is 17.8 Å². The van der Waals surface area contributed by atoms with E-state index in [0.717, 1.165) is 30.0 Å². The summed E-state index contributed by atoms with van der Waals surface area (Å²) < 4.78 is 11.6. The zero-order chi connectivity index (χ0) is 23.3. The normalized spacial score (nSPS) is 13.7. The minimum Gasteiger partial charge on any atom is -0.465 e. The lowest BCUT2D eigenvalue weighted by molar-refractivity contribution is -0.113. The third-order valence-electron chi connectivity index (χ3n) is 5.27. The van der Waals surface area contributed by atoms with E-state index < -0.39 is 11.9 Å². The van der Waals surface area contributed by atoms with E-state index in [9.17, 15) is 14.4 Å². The summed E-state index contributed by atoms with van der Waals surface area (Å²) in [7, 11) is 2.50. The molecule has 0 aromatic carbocycles. The Morgan fingerprint density at radius 2 is 1.91 bits per heavy atom. The number of hydrogen-bond acceptors (Lipinski definition) is 9. The van der Waals surface area contributed by atoms with Crippen molar-refractivity contribution in [2.24, 2.45) is 0 Å². The lowest BCUT2D eigenvalue weighted by atomic mass is 10.1. The van der Waals surface area contributed by atoms with Gasteiger partial charge in [-0.25, -0.2) is 9.59 Å². The molecule has 2 aromatic rings. The molecule has 0 aliphatic heterocycles. The molecule has 0 unspecified atom stereocenters. The number of ether oxygens (including phenoxy) is 2. The molecule has 1 saturated carbocycles. The summed E-state index contributed by atoms with van der Waals surface area (Å²) in [6.07, 6.45) is 6.35. The number of methoxy groups -OCH3 is 2. The number of thioether (sulfide) groups is 1. The van der Waals surface area contributed by atoms with Crippen molar-refractivity contribution < 1.29 is 23.9 Å². The van der Waals surface area contributed by atoms with Crippen molar-refractivity contribution in [1.29, 1.82) is 0 Å². The van der Waals surface area contributed by atoms with Gasteiger partial charge >= 0.3 is 11.9 Å². The second kappa shape index (κ2) is 10.8. The third-order valence-corrected chi connectivity index (χ3v) is 7.42. The van der Waals surface area contributed by atoms with Gasteiger partial charge in [-0.1, -0.05) is 30.7 Å². The molecular weight excluding hydrogens is 452 g/mol. The maximum Gasteiger partial charge on any atom is 0.348 e. The molecule has 2 aromatic heterocycles. The van der Waals surface area contributed by atoms with Crippen LogP contribution in [-0.4, -0.2) is 52.6 Å². The average Bonchev–Trinajstić information content (AvgIpc) is 3.51. The first kappa shape index (κ1) is 24.0. The average molecular weight is 479 g/mol. The quantitative estimate of drug-likeness (QED) is 0.329. The van der Waals surface area contributed by atoms with Gasteiger partial charge in [0.05, 0.1) is 25.5 Å². The van der Waals surface area contributed by atoms with E-state index in [4.69, 9.17) is 9.47 Å². The Kier molecular flexibility index (Phi) is 8.08. The molecular formula is C21H26N4O5S2. The summed E-state index contributed by atoms with van der Waals surface area (Å²) in [5, 5.41) is 12.3. The maximum absolute atomic E-state index is 12.7. The Morgan fingerprint density at radius 3 is 2.53 bits per heavy atom. The highest BCUT2D eigenvalue weighted by molar-refractivity contribution is 7.99. The SMILES string of the molecule is C=CCn1c(SCC(=O)Nc2sc(C(=O)OC)c(C)c2C(=O)OC)nnc1C1CCCC1. The Hall–Kier alpha value is -2.66. The van der Waals surface area contributed by atoms with E-state index in [1.54, 1.807) is 13.0 Å². The summed E-state index contributed by atoms with van der Waals surface area (Å²) in [4.78, 5) is 37.1. The van der Waals surface area contributed by atoms with Crippen LogP contribution in [-0.2, 0) is 20.8 Å². The molecule has 3 rings (SSSR count). The fraction of sp³-hybridized carbons (Fsp3) is 0.476. The van der Waals surface area contributed by atoms with Crippen LogP contribution in [0.1, 0.15) is 63.0 Å². The van der Waals surface area contributed by atoms with Crippen LogP contribution in [0.5, 0.6) is 0 Å². The summed E-state index contributed by atoms with van der Waals surface area (Å²) in [6.45, 7) is 6.00. The van der Waals surface area contributed by atoms with Gasteiger partial charge in [0.15, 0.2) is 5.16 Å². The van der Waals surface area contributed by atoms with Crippen LogP contribution >= 0.6 is 23.1 Å². The number of anilines is 1. The van der Waals surface area contributed by atoms with Crippen LogP contribution in [0.4, 0.5) is 5.00 Å². The Bertz CT molecular complexity index is 1020. The van der Waals surface area contributed by atoms with Gasteiger partial charge in [0, 0.05) is 12.5 Å². The molecule has 1 aliphatic rings. The van der Waals surface area contributed by atoms with Gasteiger partial charge in [-0.15, -0.1) is 28.1 Å². The highest BCUT2D eigenvalue weighted by Crippen LogP contribution is 2.36. The smallest absolute Gasteiger partial charge is 0.348 e. The van der Waals surface area contributed by atoms with Crippen molar-refractivity contribution in [2.45, 2.75) is 50.2 Å². The maximum atomic E-state index is 12.7. The molecule has 1 amide bonds. The molecule has 1 N–H and O–H groups in total. The predicted molar refractivity (Wildman–Crippen MR) is 123 cm³/mol. The fourth-order valence-electron chi connectivity index (χ4n) is 3.72. The van der Waals surface area contributed by atoms with Gasteiger partial charge in [0.25, 0.3) is 0 Å². The molecule has 172 valence electrons. The number of nitrogens with one attached hydrogen (secondary N) is 1. The minimum absolute atomic E-state index is 0.0606. The number of carbonyl (C=O) groups is 3. The third kappa shape index (κ3) is 5.04. The van der Waals surface area contributed by atoms with E-state index in [2.05, 4.69) is 22.1 Å². The van der Waals surface area contributed by atoms with Crippen LogP contribution < -0.4 is 5.32 Å². The van der Waals surface area contributed by atoms with Crippen molar-refractivity contribution in [1.82, 2.24) is 14.8 Å². The lowest BCUT2D eigenvalue weighted by Crippen LogP contribution is -2.16.